The van der Waals surface area contributed by atoms with Crippen LogP contribution in [0.5, 0.6) is 5.75 Å². The summed E-state index contributed by atoms with van der Waals surface area (Å²) in [5.74, 6) is -0.808. The van der Waals surface area contributed by atoms with Gasteiger partial charge in [-0.3, -0.25) is 4.79 Å². The summed E-state index contributed by atoms with van der Waals surface area (Å²) in [6, 6.07) is 16.0. The maximum Gasteiger partial charge on any atom is 0.316 e. The van der Waals surface area contributed by atoms with Gasteiger partial charge in [-0.1, -0.05) is 36.4 Å². The number of piperidine rings is 1. The Kier molecular flexibility index (Phi) is 11.4. The van der Waals surface area contributed by atoms with Gasteiger partial charge in [-0.15, -0.1) is 0 Å². The molecule has 0 aliphatic carbocycles. The van der Waals surface area contributed by atoms with Gasteiger partial charge in [0.25, 0.3) is 0 Å². The van der Waals surface area contributed by atoms with E-state index in [1.165, 1.54) is 18.9 Å². The van der Waals surface area contributed by atoms with Gasteiger partial charge < -0.3 is 35.0 Å². The Balaban J connectivity index is 0.000000241. The summed E-state index contributed by atoms with van der Waals surface area (Å²) < 4.78 is 6.96. The minimum absolute atomic E-state index is 0.00212. The van der Waals surface area contributed by atoms with Gasteiger partial charge in [-0.25, -0.2) is 0 Å². The summed E-state index contributed by atoms with van der Waals surface area (Å²) in [6.45, 7) is 10.7. The smallest absolute Gasteiger partial charge is 0.316 e. The molecule has 5 N–H and O–H groups in total. The van der Waals surface area contributed by atoms with Crippen molar-refractivity contribution in [2.24, 2.45) is 0 Å². The number of hydrogen-bond donors (Lipinski definition) is 5. The lowest BCUT2D eigenvalue weighted by molar-refractivity contribution is -0.968. The van der Waals surface area contributed by atoms with Crippen LogP contribution in [0.4, 0.5) is 0 Å². The number of esters is 1. The molecule has 6 atom stereocenters. The summed E-state index contributed by atoms with van der Waals surface area (Å²) in [7, 11) is 2.37. The maximum absolute atomic E-state index is 12.6. The first-order valence-electron chi connectivity index (χ1n) is 14.9. The van der Waals surface area contributed by atoms with Crippen LogP contribution in [-0.2, 0) is 16.1 Å². The number of fused-ring (bicyclic) bond motifs is 2. The number of nitrogens with zero attached hydrogens (tertiary/aromatic N) is 1. The van der Waals surface area contributed by atoms with Gasteiger partial charge in [0.1, 0.15) is 17.8 Å². The monoisotopic (exact) mass is 571 g/mol. The third kappa shape index (κ3) is 8.30. The Labute approximate surface area is 245 Å². The zero-order valence-electron chi connectivity index (χ0n) is 25.6. The average molecular weight is 572 g/mol. The number of aromatic hydroxyl groups is 1. The Morgan fingerprint density at radius 2 is 1.63 bits per heavy atom. The molecule has 2 heterocycles. The number of ether oxygens (including phenoxy) is 1. The number of carbonyl (C=O) groups excluding carboxylic acids is 1. The number of rotatable bonds is 9. The van der Waals surface area contributed by atoms with Crippen molar-refractivity contribution in [3.63, 3.8) is 0 Å². The molecule has 228 valence electrons. The highest BCUT2D eigenvalue weighted by Crippen LogP contribution is 2.44. The van der Waals surface area contributed by atoms with Crippen molar-refractivity contribution in [1.82, 2.24) is 5.32 Å². The molecule has 2 saturated heterocycles. The normalized spacial score (nSPS) is 25.3. The predicted molar refractivity (Wildman–Crippen MR) is 160 cm³/mol. The maximum atomic E-state index is 12.6. The fourth-order valence-electron chi connectivity index (χ4n) is 6.28. The fourth-order valence-corrected chi connectivity index (χ4v) is 6.28. The molecule has 0 amide bonds. The molecular formula is C33H51N2O6+. The van der Waals surface area contributed by atoms with Crippen molar-refractivity contribution in [3.8, 4) is 5.75 Å². The minimum Gasteiger partial charge on any atom is -0.508 e. The number of benzene rings is 2. The molecule has 0 spiro atoms. The van der Waals surface area contributed by atoms with Gasteiger partial charge in [0.2, 0.25) is 0 Å². The largest absolute Gasteiger partial charge is 0.508 e. The van der Waals surface area contributed by atoms with Crippen LogP contribution in [0.1, 0.15) is 89.0 Å². The van der Waals surface area contributed by atoms with E-state index < -0.39 is 12.0 Å². The van der Waals surface area contributed by atoms with Crippen LogP contribution in [0.2, 0.25) is 0 Å². The second-order valence-corrected chi connectivity index (χ2v) is 13.1. The van der Waals surface area contributed by atoms with Crippen LogP contribution >= 0.6 is 0 Å². The Morgan fingerprint density at radius 1 is 1.02 bits per heavy atom. The first-order valence-corrected chi connectivity index (χ1v) is 14.9. The molecule has 8 heteroatoms. The van der Waals surface area contributed by atoms with Crippen molar-refractivity contribution >= 4 is 5.97 Å². The molecular weight excluding hydrogens is 520 g/mol. The highest BCUT2D eigenvalue weighted by Gasteiger charge is 2.53. The number of aliphatic hydroxyl groups excluding tert-OH is 3. The topological polar surface area (TPSA) is 119 Å². The van der Waals surface area contributed by atoms with Gasteiger partial charge in [0, 0.05) is 43.3 Å². The first kappa shape index (κ1) is 33.0. The summed E-state index contributed by atoms with van der Waals surface area (Å²) in [5.41, 5.74) is 1.88. The molecule has 8 nitrogen and oxygen atoms in total. The van der Waals surface area contributed by atoms with Crippen LogP contribution in [0.3, 0.4) is 0 Å². The molecule has 2 bridgehead atoms. The predicted octanol–water partition coefficient (Wildman–Crippen LogP) is 4.16. The minimum atomic E-state index is -0.653. The van der Waals surface area contributed by atoms with Crippen LogP contribution in [-0.4, -0.2) is 80.8 Å². The van der Waals surface area contributed by atoms with Crippen molar-refractivity contribution in [1.29, 1.82) is 0 Å². The third-order valence-electron chi connectivity index (χ3n) is 9.03. The number of nitrogens with one attached hydrogen (secondary N) is 1. The molecule has 2 fully saturated rings. The molecule has 2 aliphatic rings. The summed E-state index contributed by atoms with van der Waals surface area (Å²) in [6.07, 6.45) is 3.71. The highest BCUT2D eigenvalue weighted by atomic mass is 16.5. The molecule has 2 aromatic rings. The number of β-amino-alcohol motifs (C(OH)–C–C–N with tert-alkyl or cyclic N) is 1. The van der Waals surface area contributed by atoms with E-state index in [9.17, 15) is 20.1 Å². The Hall–Kier alpha value is -2.49. The van der Waals surface area contributed by atoms with Crippen molar-refractivity contribution < 1.29 is 34.4 Å². The van der Waals surface area contributed by atoms with Gasteiger partial charge in [-0.05, 0) is 57.9 Å². The van der Waals surface area contributed by atoms with E-state index in [0.29, 0.717) is 35.8 Å². The van der Waals surface area contributed by atoms with Crippen LogP contribution < -0.4 is 5.32 Å². The molecule has 0 radical (unpaired) electrons. The lowest BCUT2D eigenvalue weighted by Crippen LogP contribution is -2.62. The summed E-state index contributed by atoms with van der Waals surface area (Å²) in [5, 5.41) is 41.3. The van der Waals surface area contributed by atoms with Gasteiger partial charge in [0.15, 0.2) is 0 Å². The Bertz CT molecular complexity index is 1100. The molecule has 2 aliphatic heterocycles. The fraction of sp³-hybridized carbons (Fsp3) is 0.606. The lowest BCUT2D eigenvalue weighted by atomic mass is 9.94. The number of carbonyl (C=O) groups is 1. The number of hydrogen-bond acceptors (Lipinski definition) is 7. The summed E-state index contributed by atoms with van der Waals surface area (Å²) in [4.78, 5) is 12.6. The SMILES string of the molecule is CC(C)(C)NCC(O)c1ccc(O)c(CO)c1.CC(C)[N@@+]1(C)[C@@H]2CC[C@H]1C[C@@H](OC(=O)C(CO)c1ccccc1)C2. The van der Waals surface area contributed by atoms with Gasteiger partial charge in [-0.2, -0.15) is 0 Å². The second kappa shape index (κ2) is 14.1. The Morgan fingerprint density at radius 3 is 2.15 bits per heavy atom. The van der Waals surface area contributed by atoms with E-state index in [0.717, 1.165) is 22.9 Å². The first-order chi connectivity index (χ1) is 19.3. The number of aliphatic hydroxyl groups is 3. The van der Waals surface area contributed by atoms with E-state index in [-0.39, 0.29) is 36.6 Å². The highest BCUT2D eigenvalue weighted by molar-refractivity contribution is 5.78. The van der Waals surface area contributed by atoms with Crippen molar-refractivity contribution in [2.75, 3.05) is 20.2 Å². The molecule has 2 unspecified atom stereocenters. The average Bonchev–Trinajstić information content (AvgIpc) is 3.09. The van der Waals surface area contributed by atoms with E-state index in [2.05, 4.69) is 26.2 Å². The van der Waals surface area contributed by atoms with E-state index in [1.54, 1.807) is 12.1 Å². The van der Waals surface area contributed by atoms with Crippen LogP contribution in [0.15, 0.2) is 48.5 Å². The molecule has 0 aromatic heterocycles. The molecule has 4 rings (SSSR count). The van der Waals surface area contributed by atoms with E-state index in [4.69, 9.17) is 9.84 Å². The quantitative estimate of drug-likeness (QED) is 0.227. The van der Waals surface area contributed by atoms with E-state index in [1.807, 2.05) is 51.1 Å². The van der Waals surface area contributed by atoms with Gasteiger partial charge >= 0.3 is 5.97 Å². The molecule has 0 saturated carbocycles. The van der Waals surface area contributed by atoms with Crippen LogP contribution in [0, 0.1) is 0 Å². The summed E-state index contributed by atoms with van der Waals surface area (Å²) >= 11 is 0. The number of quaternary nitrogens is 1. The molecule has 2 aromatic carbocycles. The van der Waals surface area contributed by atoms with Crippen molar-refractivity contribution in [3.05, 3.63) is 65.2 Å². The van der Waals surface area contributed by atoms with Crippen LogP contribution in [0.25, 0.3) is 0 Å². The van der Waals surface area contributed by atoms with Crippen molar-refractivity contribution in [2.45, 2.75) is 109 Å². The van der Waals surface area contributed by atoms with Gasteiger partial charge in [0.05, 0.1) is 44.5 Å². The standard InChI is InChI=1S/C20H30NO3.C13H21NO3/c1-14(2)21(3)16-9-10-17(21)12-18(11-16)24-20(23)19(13-22)15-7-5-4-6-8-15;1-13(2,3)14-7-12(17)9-4-5-11(16)10(6-9)8-15/h4-8,14,16-19,22H,9-13H2,1-3H3;4-6,12,14-17H,7-8H2,1-3H3/q+1;/t16-,17+,18+,19?,21+;. The lowest BCUT2D eigenvalue weighted by Gasteiger charge is -2.49. The third-order valence-corrected chi connectivity index (χ3v) is 9.03. The second-order valence-electron chi connectivity index (χ2n) is 13.1. The zero-order valence-corrected chi connectivity index (χ0v) is 25.6. The number of phenols is 1. The van der Waals surface area contributed by atoms with E-state index >= 15 is 0 Å². The molecule has 41 heavy (non-hydrogen) atoms. The zero-order chi connectivity index (χ0) is 30.4.